The van der Waals surface area contributed by atoms with Crippen LogP contribution in [0.4, 0.5) is 0 Å². The molecule has 226 valence electrons. The van der Waals surface area contributed by atoms with Gasteiger partial charge in [0.05, 0.1) is 19.8 Å². The van der Waals surface area contributed by atoms with Crippen molar-refractivity contribution in [2.75, 3.05) is 80.1 Å². The highest BCUT2D eigenvalue weighted by Gasteiger charge is 2.30. The van der Waals surface area contributed by atoms with Crippen molar-refractivity contribution in [1.29, 1.82) is 0 Å². The quantitative estimate of drug-likeness (QED) is 0.0612. The molecular formula is C28H42O8S4. The van der Waals surface area contributed by atoms with Gasteiger partial charge in [-0.05, 0) is 36.8 Å². The topological polar surface area (TPSA) is 89.5 Å². The molecule has 0 aliphatic heterocycles. The van der Waals surface area contributed by atoms with Crippen LogP contribution in [0.15, 0.2) is 49.6 Å². The van der Waals surface area contributed by atoms with Crippen LogP contribution < -0.4 is 9.47 Å². The second-order valence-electron chi connectivity index (χ2n) is 8.23. The van der Waals surface area contributed by atoms with Crippen molar-refractivity contribution in [2.45, 2.75) is 18.8 Å². The first-order valence-electron chi connectivity index (χ1n) is 12.7. The zero-order valence-electron chi connectivity index (χ0n) is 23.6. The maximum absolute atomic E-state index is 11.9. The van der Waals surface area contributed by atoms with Crippen molar-refractivity contribution in [3.05, 3.63) is 49.6 Å². The summed E-state index contributed by atoms with van der Waals surface area (Å²) in [5.74, 6) is 4.66. The molecule has 0 heterocycles. The van der Waals surface area contributed by atoms with Gasteiger partial charge < -0.3 is 28.4 Å². The van der Waals surface area contributed by atoms with Crippen molar-refractivity contribution in [2.24, 2.45) is 0 Å². The molecule has 0 aromatic heterocycles. The predicted molar refractivity (Wildman–Crippen MR) is 170 cm³/mol. The van der Waals surface area contributed by atoms with Crippen LogP contribution >= 0.6 is 47.0 Å². The van der Waals surface area contributed by atoms with Crippen LogP contribution in [-0.2, 0) is 28.5 Å². The first-order valence-corrected chi connectivity index (χ1v) is 17.8. The number of esters is 2. The zero-order valence-corrected chi connectivity index (χ0v) is 26.9. The summed E-state index contributed by atoms with van der Waals surface area (Å²) in [6, 6.07) is 6.94. The molecule has 0 aliphatic rings. The Morgan fingerprint density at radius 3 is 1.98 bits per heavy atom. The molecule has 1 aromatic carbocycles. The normalized spacial score (nSPS) is 13.1. The summed E-state index contributed by atoms with van der Waals surface area (Å²) >= 11 is 7.21. The maximum atomic E-state index is 11.9. The first kappa shape index (κ1) is 36.6. The second kappa shape index (κ2) is 23.2. The van der Waals surface area contributed by atoms with Gasteiger partial charge in [0.2, 0.25) is 5.79 Å². The number of carbonyl (C=O) groups excluding carboxylic acids is 2. The monoisotopic (exact) mass is 634 g/mol. The van der Waals surface area contributed by atoms with Crippen LogP contribution in [-0.4, -0.2) is 104 Å². The molecule has 0 spiro atoms. The van der Waals surface area contributed by atoms with Gasteiger partial charge in [0.1, 0.15) is 18.1 Å². The summed E-state index contributed by atoms with van der Waals surface area (Å²) in [6.07, 6.45) is 5.79. The molecule has 0 N–H and O–H groups in total. The fourth-order valence-corrected chi connectivity index (χ4v) is 5.98. The van der Waals surface area contributed by atoms with Gasteiger partial charge in [-0.1, -0.05) is 13.2 Å². The molecule has 1 rings (SSSR count). The maximum Gasteiger partial charge on any atom is 0.332 e. The molecule has 2 atom stereocenters. The van der Waals surface area contributed by atoms with Crippen molar-refractivity contribution in [1.82, 2.24) is 0 Å². The zero-order chi connectivity index (χ0) is 29.5. The van der Waals surface area contributed by atoms with E-state index in [1.165, 1.54) is 0 Å². The van der Waals surface area contributed by atoms with Gasteiger partial charge in [-0.3, -0.25) is 0 Å². The Hall–Kier alpha value is -1.44. The van der Waals surface area contributed by atoms with Gasteiger partial charge in [-0.2, -0.15) is 47.0 Å². The van der Waals surface area contributed by atoms with E-state index < -0.39 is 23.8 Å². The summed E-state index contributed by atoms with van der Waals surface area (Å²) in [6.45, 7) is 9.88. The summed E-state index contributed by atoms with van der Waals surface area (Å²) in [5, 5.41) is 0. The van der Waals surface area contributed by atoms with Gasteiger partial charge in [0.25, 0.3) is 0 Å². The van der Waals surface area contributed by atoms with E-state index in [-0.39, 0.29) is 19.8 Å². The van der Waals surface area contributed by atoms with Gasteiger partial charge in [-0.15, -0.1) is 0 Å². The minimum absolute atomic E-state index is 0.00521. The smallest absolute Gasteiger partial charge is 0.332 e. The van der Waals surface area contributed by atoms with Crippen LogP contribution in [0.1, 0.15) is 6.92 Å². The molecule has 0 amide bonds. The lowest BCUT2D eigenvalue weighted by molar-refractivity contribution is -0.228. The first-order chi connectivity index (χ1) is 19.4. The van der Waals surface area contributed by atoms with Crippen LogP contribution in [0.3, 0.4) is 0 Å². The number of ether oxygens (including phenoxy) is 6. The molecule has 0 saturated heterocycles. The van der Waals surface area contributed by atoms with Gasteiger partial charge >= 0.3 is 11.9 Å². The average molecular weight is 635 g/mol. The largest absolute Gasteiger partial charge is 0.490 e. The van der Waals surface area contributed by atoms with Crippen LogP contribution in [0.2, 0.25) is 0 Å². The lowest BCUT2D eigenvalue weighted by Crippen LogP contribution is -2.41. The SMILES string of the molecule is C=CC(=O)OC(COCCSCCSC)COc1ccc(OCC(C)(OCCSCCSC)OC(=O)C=C)cc1. The molecule has 0 aliphatic carbocycles. The Morgan fingerprint density at radius 2 is 1.40 bits per heavy atom. The third-order valence-corrected chi connectivity index (χ3v) is 8.51. The minimum Gasteiger partial charge on any atom is -0.490 e. The average Bonchev–Trinajstić information content (AvgIpc) is 2.96. The van der Waals surface area contributed by atoms with E-state index in [1.54, 1.807) is 54.7 Å². The van der Waals surface area contributed by atoms with Gasteiger partial charge in [0.15, 0.2) is 12.7 Å². The van der Waals surface area contributed by atoms with Crippen LogP contribution in [0.25, 0.3) is 0 Å². The molecule has 0 saturated carbocycles. The molecule has 2 unspecified atom stereocenters. The van der Waals surface area contributed by atoms with E-state index in [1.807, 2.05) is 23.5 Å². The van der Waals surface area contributed by atoms with Gasteiger partial charge in [-0.25, -0.2) is 9.59 Å². The van der Waals surface area contributed by atoms with E-state index >= 15 is 0 Å². The highest BCUT2D eigenvalue weighted by Crippen LogP contribution is 2.22. The third kappa shape index (κ3) is 18.1. The van der Waals surface area contributed by atoms with E-state index in [9.17, 15) is 9.59 Å². The standard InChI is InChI=1S/C28H42O8S4/c1-6-26(29)35-25(20-31-12-14-39-18-16-37-4)21-32-23-8-10-24(11-9-23)33-22-28(3,36-27(30)7-2)34-13-15-40-19-17-38-5/h6-11,25H,1-2,12-22H2,3-5H3. The lowest BCUT2D eigenvalue weighted by Gasteiger charge is -2.29. The van der Waals surface area contributed by atoms with E-state index in [0.29, 0.717) is 24.7 Å². The molecule has 1 aromatic rings. The fraction of sp³-hybridized carbons (Fsp3) is 0.571. The minimum atomic E-state index is -1.27. The Kier molecular flexibility index (Phi) is 21.2. The van der Waals surface area contributed by atoms with Crippen molar-refractivity contribution in [3.63, 3.8) is 0 Å². The number of hydrogen-bond acceptors (Lipinski definition) is 12. The number of thioether (sulfide) groups is 4. The molecule has 8 nitrogen and oxygen atoms in total. The van der Waals surface area contributed by atoms with E-state index in [2.05, 4.69) is 25.7 Å². The van der Waals surface area contributed by atoms with Gasteiger partial charge in [0, 0.05) is 53.6 Å². The number of benzene rings is 1. The molecule has 0 bridgehead atoms. The van der Waals surface area contributed by atoms with E-state index in [0.717, 1.165) is 46.7 Å². The third-order valence-electron chi connectivity index (χ3n) is 4.87. The van der Waals surface area contributed by atoms with E-state index in [4.69, 9.17) is 28.4 Å². The van der Waals surface area contributed by atoms with Crippen molar-refractivity contribution in [3.8, 4) is 11.5 Å². The van der Waals surface area contributed by atoms with Crippen molar-refractivity contribution >= 4 is 59.0 Å². The molecular weight excluding hydrogens is 593 g/mol. The molecule has 0 fully saturated rings. The summed E-state index contributed by atoms with van der Waals surface area (Å²) in [7, 11) is 0. The second-order valence-corrected chi connectivity index (χ2v) is 12.6. The summed E-state index contributed by atoms with van der Waals surface area (Å²) in [5.41, 5.74) is 0. The highest BCUT2D eigenvalue weighted by molar-refractivity contribution is 8.03. The van der Waals surface area contributed by atoms with Crippen molar-refractivity contribution < 1.29 is 38.0 Å². The van der Waals surface area contributed by atoms with Crippen LogP contribution in [0.5, 0.6) is 11.5 Å². The Labute approximate surface area is 256 Å². The number of carbonyl (C=O) groups is 2. The molecule has 40 heavy (non-hydrogen) atoms. The summed E-state index contributed by atoms with van der Waals surface area (Å²) < 4.78 is 34.0. The Morgan fingerprint density at radius 1 is 0.825 bits per heavy atom. The Bertz CT molecular complexity index is 855. The summed E-state index contributed by atoms with van der Waals surface area (Å²) in [4.78, 5) is 23.6. The fourth-order valence-electron chi connectivity index (χ4n) is 2.86. The highest BCUT2D eigenvalue weighted by atomic mass is 32.2. The Balaban J connectivity index is 2.58. The number of rotatable bonds is 25. The molecule has 0 radical (unpaired) electrons. The number of hydrogen-bond donors (Lipinski definition) is 0. The molecule has 12 heteroatoms. The lowest BCUT2D eigenvalue weighted by atomic mass is 10.3. The predicted octanol–water partition coefficient (Wildman–Crippen LogP) is 5.21. The van der Waals surface area contributed by atoms with Crippen LogP contribution in [0, 0.1) is 0 Å².